The Bertz CT molecular complexity index is 532. The predicted octanol–water partition coefficient (Wildman–Crippen LogP) is 2.03. The van der Waals surface area contributed by atoms with Crippen molar-refractivity contribution in [2.24, 2.45) is 0 Å². The van der Waals surface area contributed by atoms with E-state index in [1.165, 1.54) is 24.3 Å². The summed E-state index contributed by atoms with van der Waals surface area (Å²) in [5.74, 6) is -0.0544. The topological polar surface area (TPSA) is 56.1 Å². The fraction of sp³-hybridized carbons (Fsp3) is 0.286. The summed E-state index contributed by atoms with van der Waals surface area (Å²) >= 11 is 0. The van der Waals surface area contributed by atoms with Crippen LogP contribution in [0.25, 0.3) is 0 Å². The summed E-state index contributed by atoms with van der Waals surface area (Å²) < 4.78 is 19.8. The molecule has 2 rings (SSSR count). The predicted molar refractivity (Wildman–Crippen MR) is 79.0 cm³/mol. The molecule has 21 heavy (non-hydrogen) atoms. The summed E-state index contributed by atoms with van der Waals surface area (Å²) in [6.45, 7) is 1.31. The van der Waals surface area contributed by atoms with Crippen molar-refractivity contribution < 1.29 is 13.9 Å². The summed E-state index contributed by atoms with van der Waals surface area (Å²) in [5.41, 5.74) is 0. The molecule has 0 unspecified atom stereocenters. The lowest BCUT2D eigenvalue weighted by molar-refractivity contribution is -0.123. The summed E-state index contributed by atoms with van der Waals surface area (Å²) in [5, 5.41) is 2.75. The Morgan fingerprint density at radius 2 is 2.10 bits per heavy atom. The van der Waals surface area contributed by atoms with Gasteiger partial charge in [0.25, 0.3) is 5.91 Å². The summed E-state index contributed by atoms with van der Waals surface area (Å²) in [6, 6.07) is 5.56. The van der Waals surface area contributed by atoms with Gasteiger partial charge in [-0.25, -0.2) is 9.37 Å². The molecule has 0 aliphatic rings. The number of carbonyl (C=O) groups excluding carboxylic acids is 1. The third-order valence-electron chi connectivity index (χ3n) is 2.66. The highest BCUT2D eigenvalue weighted by molar-refractivity contribution is 5.85. The van der Waals surface area contributed by atoms with Gasteiger partial charge in [-0.15, -0.1) is 12.4 Å². The molecule has 0 aliphatic carbocycles. The second kappa shape index (κ2) is 8.97. The first-order chi connectivity index (χ1) is 9.74. The number of imidazole rings is 1. The van der Waals surface area contributed by atoms with Crippen LogP contribution in [0.3, 0.4) is 0 Å². The first-order valence-electron chi connectivity index (χ1n) is 6.35. The highest BCUT2D eigenvalue weighted by atomic mass is 35.5. The van der Waals surface area contributed by atoms with Crippen LogP contribution >= 0.6 is 12.4 Å². The molecule has 2 aromatic rings. The molecule has 1 heterocycles. The molecular formula is C14H17ClFN3O2. The number of benzene rings is 1. The van der Waals surface area contributed by atoms with Gasteiger partial charge in [0.15, 0.2) is 6.61 Å². The number of nitrogens with zero attached hydrogens (tertiary/aromatic N) is 2. The number of amides is 1. The van der Waals surface area contributed by atoms with Gasteiger partial charge in [0.2, 0.25) is 0 Å². The van der Waals surface area contributed by atoms with E-state index in [1.54, 1.807) is 12.5 Å². The normalized spacial score (nSPS) is 9.76. The lowest BCUT2D eigenvalue weighted by Crippen LogP contribution is -2.30. The highest BCUT2D eigenvalue weighted by Crippen LogP contribution is 2.10. The molecule has 0 saturated carbocycles. The van der Waals surface area contributed by atoms with E-state index in [0.717, 1.165) is 13.0 Å². The molecule has 0 spiro atoms. The lowest BCUT2D eigenvalue weighted by atomic mass is 10.3. The van der Waals surface area contributed by atoms with Crippen molar-refractivity contribution in [2.45, 2.75) is 13.0 Å². The molecule has 0 aliphatic heterocycles. The minimum absolute atomic E-state index is 0. The van der Waals surface area contributed by atoms with Crippen LogP contribution in [0.2, 0.25) is 0 Å². The van der Waals surface area contributed by atoms with Gasteiger partial charge in [0.05, 0.1) is 6.33 Å². The Morgan fingerprint density at radius 3 is 2.76 bits per heavy atom. The van der Waals surface area contributed by atoms with E-state index in [1.807, 2.05) is 10.8 Å². The zero-order valence-corrected chi connectivity index (χ0v) is 12.2. The molecule has 7 heteroatoms. The number of hydrogen-bond acceptors (Lipinski definition) is 3. The molecule has 1 amide bonds. The number of aryl methyl sites for hydroxylation is 1. The Hall–Kier alpha value is -2.08. The van der Waals surface area contributed by atoms with Gasteiger partial charge in [-0.3, -0.25) is 4.79 Å². The van der Waals surface area contributed by atoms with Gasteiger partial charge in [0, 0.05) is 25.5 Å². The van der Waals surface area contributed by atoms with Gasteiger partial charge >= 0.3 is 0 Å². The molecule has 1 aromatic heterocycles. The van der Waals surface area contributed by atoms with Gasteiger partial charge < -0.3 is 14.6 Å². The largest absolute Gasteiger partial charge is 0.484 e. The molecule has 114 valence electrons. The summed E-state index contributed by atoms with van der Waals surface area (Å²) in [7, 11) is 0. The average Bonchev–Trinajstić information content (AvgIpc) is 2.96. The quantitative estimate of drug-likeness (QED) is 0.796. The zero-order valence-electron chi connectivity index (χ0n) is 11.4. The molecule has 5 nitrogen and oxygen atoms in total. The molecule has 1 N–H and O–H groups in total. The SMILES string of the molecule is Cl.O=C(COc1ccc(F)cc1)NCCCn1ccnc1. The smallest absolute Gasteiger partial charge is 0.257 e. The number of carbonyl (C=O) groups is 1. The summed E-state index contributed by atoms with van der Waals surface area (Å²) in [4.78, 5) is 15.4. The number of halogens is 2. The molecule has 0 radical (unpaired) electrons. The van der Waals surface area contributed by atoms with Crippen LogP contribution in [0, 0.1) is 5.82 Å². The lowest BCUT2D eigenvalue weighted by Gasteiger charge is -2.07. The van der Waals surface area contributed by atoms with Crippen molar-refractivity contribution in [3.63, 3.8) is 0 Å². The Labute approximate surface area is 128 Å². The first-order valence-corrected chi connectivity index (χ1v) is 6.35. The molecule has 0 bridgehead atoms. The second-order valence-corrected chi connectivity index (χ2v) is 4.25. The number of hydrogen-bond donors (Lipinski definition) is 1. The van der Waals surface area contributed by atoms with Crippen molar-refractivity contribution in [1.29, 1.82) is 0 Å². The van der Waals surface area contributed by atoms with Crippen molar-refractivity contribution >= 4 is 18.3 Å². The van der Waals surface area contributed by atoms with E-state index < -0.39 is 0 Å². The average molecular weight is 314 g/mol. The number of rotatable bonds is 7. The van der Waals surface area contributed by atoms with Crippen LogP contribution < -0.4 is 10.1 Å². The van der Waals surface area contributed by atoms with Crippen LogP contribution in [-0.2, 0) is 11.3 Å². The van der Waals surface area contributed by atoms with E-state index >= 15 is 0 Å². The maximum atomic E-state index is 12.7. The third kappa shape index (κ3) is 6.27. The molecule has 0 fully saturated rings. The molecule has 0 saturated heterocycles. The van der Waals surface area contributed by atoms with Crippen molar-refractivity contribution in [1.82, 2.24) is 14.9 Å². The van der Waals surface area contributed by atoms with Crippen LogP contribution in [0.5, 0.6) is 5.75 Å². The van der Waals surface area contributed by atoms with E-state index in [-0.39, 0.29) is 30.7 Å². The number of ether oxygens (including phenoxy) is 1. The van der Waals surface area contributed by atoms with Gasteiger partial charge in [-0.2, -0.15) is 0 Å². The number of nitrogens with one attached hydrogen (secondary N) is 1. The number of aromatic nitrogens is 2. The van der Waals surface area contributed by atoms with E-state index in [4.69, 9.17) is 4.74 Å². The Morgan fingerprint density at radius 1 is 1.33 bits per heavy atom. The van der Waals surface area contributed by atoms with E-state index in [0.29, 0.717) is 12.3 Å². The third-order valence-corrected chi connectivity index (χ3v) is 2.66. The minimum Gasteiger partial charge on any atom is -0.484 e. The zero-order chi connectivity index (χ0) is 14.2. The van der Waals surface area contributed by atoms with Crippen molar-refractivity contribution in [3.05, 3.63) is 48.8 Å². The van der Waals surface area contributed by atoms with Crippen LogP contribution in [-0.4, -0.2) is 28.6 Å². The van der Waals surface area contributed by atoms with Crippen LogP contribution in [0.1, 0.15) is 6.42 Å². The van der Waals surface area contributed by atoms with Gasteiger partial charge in [-0.1, -0.05) is 0 Å². The van der Waals surface area contributed by atoms with Crippen LogP contribution in [0.4, 0.5) is 4.39 Å². The van der Waals surface area contributed by atoms with Gasteiger partial charge in [-0.05, 0) is 30.7 Å². The van der Waals surface area contributed by atoms with Crippen molar-refractivity contribution in [3.8, 4) is 5.75 Å². The maximum Gasteiger partial charge on any atom is 0.257 e. The second-order valence-electron chi connectivity index (χ2n) is 4.25. The van der Waals surface area contributed by atoms with Gasteiger partial charge in [0.1, 0.15) is 11.6 Å². The fourth-order valence-electron chi connectivity index (χ4n) is 1.64. The fourth-order valence-corrected chi connectivity index (χ4v) is 1.64. The summed E-state index contributed by atoms with van der Waals surface area (Å²) in [6.07, 6.45) is 6.15. The van der Waals surface area contributed by atoms with Crippen molar-refractivity contribution in [2.75, 3.05) is 13.2 Å². The minimum atomic E-state index is -0.332. The van der Waals surface area contributed by atoms with E-state index in [2.05, 4.69) is 10.3 Å². The van der Waals surface area contributed by atoms with E-state index in [9.17, 15) is 9.18 Å². The standard InChI is InChI=1S/C14H16FN3O2.ClH/c15-12-2-4-13(5-3-12)20-10-14(19)17-6-1-8-18-9-7-16-11-18;/h2-5,7,9,11H,1,6,8,10H2,(H,17,19);1H. The molecule has 0 atom stereocenters. The Balaban J connectivity index is 0.00000220. The Kier molecular flexibility index (Phi) is 7.25. The molecular weight excluding hydrogens is 297 g/mol. The van der Waals surface area contributed by atoms with Crippen LogP contribution in [0.15, 0.2) is 43.0 Å². The first kappa shape index (κ1) is 17.0. The highest BCUT2D eigenvalue weighted by Gasteiger charge is 2.02. The monoisotopic (exact) mass is 313 g/mol. The maximum absolute atomic E-state index is 12.7. The molecule has 1 aromatic carbocycles.